The van der Waals surface area contributed by atoms with E-state index in [9.17, 15) is 12.8 Å². The largest absolute Gasteiger partial charge is 0.392 e. The Morgan fingerprint density at radius 2 is 2.05 bits per heavy atom. The van der Waals surface area contributed by atoms with Crippen LogP contribution in [0.25, 0.3) is 0 Å². The van der Waals surface area contributed by atoms with Crippen LogP contribution < -0.4 is 4.72 Å². The smallest absolute Gasteiger partial charge is 0.258 e. The number of nitrogens with one attached hydrogen (secondary N) is 1. The zero-order valence-corrected chi connectivity index (χ0v) is 11.3. The molecule has 0 aliphatic carbocycles. The summed E-state index contributed by atoms with van der Waals surface area (Å²) >= 11 is 0. The summed E-state index contributed by atoms with van der Waals surface area (Å²) in [5.41, 5.74) is 0.675. The first-order chi connectivity index (χ1) is 9.53. The lowest BCUT2D eigenvalue weighted by molar-refractivity contribution is 0.275. The number of rotatable bonds is 5. The second-order valence-electron chi connectivity index (χ2n) is 4.08. The summed E-state index contributed by atoms with van der Waals surface area (Å²) in [6.45, 7) is -0.446. The van der Waals surface area contributed by atoms with Gasteiger partial charge < -0.3 is 5.11 Å². The SMILES string of the molecule is O=S(=O)(NCc1ccc(F)c(CO)c1)c1ccccn1. The molecule has 2 N–H and O–H groups in total. The minimum absolute atomic E-state index is 0.00775. The van der Waals surface area contributed by atoms with Crippen LogP contribution in [0, 0.1) is 5.82 Å². The first-order valence-electron chi connectivity index (χ1n) is 5.82. The Hall–Kier alpha value is -1.83. The van der Waals surface area contributed by atoms with E-state index in [2.05, 4.69) is 9.71 Å². The molecule has 2 aromatic rings. The highest BCUT2D eigenvalue weighted by Crippen LogP contribution is 2.11. The van der Waals surface area contributed by atoms with Gasteiger partial charge in [-0.15, -0.1) is 0 Å². The molecule has 1 aromatic heterocycles. The number of halogens is 1. The molecule has 106 valence electrons. The summed E-state index contributed by atoms with van der Waals surface area (Å²) in [7, 11) is -3.71. The monoisotopic (exact) mass is 296 g/mol. The molecule has 0 amide bonds. The molecule has 0 aliphatic rings. The Balaban J connectivity index is 2.13. The number of aliphatic hydroxyl groups is 1. The third-order valence-corrected chi connectivity index (χ3v) is 3.98. The quantitative estimate of drug-likeness (QED) is 0.868. The average Bonchev–Trinajstić information content (AvgIpc) is 2.47. The van der Waals surface area contributed by atoms with Crippen LogP contribution in [0.4, 0.5) is 4.39 Å². The average molecular weight is 296 g/mol. The number of benzene rings is 1. The van der Waals surface area contributed by atoms with Crippen LogP contribution in [0.3, 0.4) is 0 Å². The number of pyridine rings is 1. The van der Waals surface area contributed by atoms with Crippen molar-refractivity contribution in [1.29, 1.82) is 0 Å². The fourth-order valence-electron chi connectivity index (χ4n) is 1.62. The Bertz CT molecular complexity index is 690. The Morgan fingerprint density at radius 3 is 2.70 bits per heavy atom. The lowest BCUT2D eigenvalue weighted by Crippen LogP contribution is -2.24. The van der Waals surface area contributed by atoms with Crippen molar-refractivity contribution in [2.75, 3.05) is 0 Å². The molecule has 0 radical (unpaired) electrons. The maximum Gasteiger partial charge on any atom is 0.258 e. The van der Waals surface area contributed by atoms with Crippen molar-refractivity contribution in [2.24, 2.45) is 0 Å². The molecule has 0 saturated heterocycles. The van der Waals surface area contributed by atoms with E-state index in [0.717, 1.165) is 0 Å². The predicted molar refractivity (Wildman–Crippen MR) is 70.6 cm³/mol. The number of nitrogens with zero attached hydrogens (tertiary/aromatic N) is 1. The lowest BCUT2D eigenvalue weighted by Gasteiger charge is -2.07. The normalized spacial score (nSPS) is 11.5. The van der Waals surface area contributed by atoms with E-state index < -0.39 is 22.4 Å². The van der Waals surface area contributed by atoms with E-state index in [0.29, 0.717) is 5.56 Å². The standard InChI is InChI=1S/C13H13FN2O3S/c14-12-5-4-10(7-11(12)9-17)8-16-20(18,19)13-3-1-2-6-15-13/h1-7,16-17H,8-9H2. The molecule has 1 aromatic carbocycles. The van der Waals surface area contributed by atoms with Crippen LogP contribution >= 0.6 is 0 Å². The number of hydrogen-bond acceptors (Lipinski definition) is 4. The molecule has 0 fully saturated rings. The minimum atomic E-state index is -3.71. The van der Waals surface area contributed by atoms with E-state index >= 15 is 0 Å². The van der Waals surface area contributed by atoms with Crippen molar-refractivity contribution in [3.63, 3.8) is 0 Å². The molecule has 5 nitrogen and oxygen atoms in total. The highest BCUT2D eigenvalue weighted by atomic mass is 32.2. The van der Waals surface area contributed by atoms with Gasteiger partial charge in [0, 0.05) is 18.3 Å². The van der Waals surface area contributed by atoms with Crippen LogP contribution in [0.5, 0.6) is 0 Å². The van der Waals surface area contributed by atoms with Crippen molar-refractivity contribution < 1.29 is 17.9 Å². The van der Waals surface area contributed by atoms with Crippen molar-refractivity contribution >= 4 is 10.0 Å². The van der Waals surface area contributed by atoms with Crippen LogP contribution in [0.15, 0.2) is 47.6 Å². The summed E-state index contributed by atoms with van der Waals surface area (Å²) in [5, 5.41) is 8.88. The molecule has 7 heteroatoms. The number of sulfonamides is 1. The second-order valence-corrected chi connectivity index (χ2v) is 5.79. The van der Waals surface area contributed by atoms with Crippen molar-refractivity contribution in [3.05, 3.63) is 59.5 Å². The number of aliphatic hydroxyl groups excluding tert-OH is 1. The van der Waals surface area contributed by atoms with Crippen molar-refractivity contribution in [3.8, 4) is 0 Å². The number of aromatic nitrogens is 1. The van der Waals surface area contributed by atoms with Gasteiger partial charge in [0.05, 0.1) is 6.61 Å². The molecule has 0 saturated carbocycles. The van der Waals surface area contributed by atoms with Crippen molar-refractivity contribution in [1.82, 2.24) is 9.71 Å². The van der Waals surface area contributed by atoms with Crippen LogP contribution in [-0.2, 0) is 23.2 Å². The molecule has 2 rings (SSSR count). The van der Waals surface area contributed by atoms with Gasteiger partial charge in [-0.3, -0.25) is 0 Å². The molecule has 1 heterocycles. The highest BCUT2D eigenvalue weighted by Gasteiger charge is 2.14. The summed E-state index contributed by atoms with van der Waals surface area (Å²) in [6.07, 6.45) is 1.39. The maximum atomic E-state index is 13.2. The molecule has 0 bridgehead atoms. The van der Waals surface area contributed by atoms with Gasteiger partial charge in [-0.25, -0.2) is 22.5 Å². The first-order valence-corrected chi connectivity index (χ1v) is 7.30. The molecular formula is C13H13FN2O3S. The first kappa shape index (κ1) is 14.6. The van der Waals surface area contributed by atoms with Gasteiger partial charge >= 0.3 is 0 Å². The van der Waals surface area contributed by atoms with Crippen molar-refractivity contribution in [2.45, 2.75) is 18.2 Å². The highest BCUT2D eigenvalue weighted by molar-refractivity contribution is 7.89. The zero-order valence-electron chi connectivity index (χ0n) is 10.5. The Morgan fingerprint density at radius 1 is 1.25 bits per heavy atom. The number of hydrogen-bond donors (Lipinski definition) is 2. The van der Waals surface area contributed by atoms with Gasteiger partial charge in [0.15, 0.2) is 5.03 Å². The van der Waals surface area contributed by atoms with Gasteiger partial charge in [0.2, 0.25) is 0 Å². The second kappa shape index (κ2) is 6.08. The lowest BCUT2D eigenvalue weighted by atomic mass is 10.1. The van der Waals surface area contributed by atoms with E-state index in [4.69, 9.17) is 5.11 Å². The summed E-state index contributed by atoms with van der Waals surface area (Å²) in [4.78, 5) is 3.76. The maximum absolute atomic E-state index is 13.2. The third-order valence-electron chi connectivity index (χ3n) is 2.66. The van der Waals surface area contributed by atoms with Gasteiger partial charge in [-0.1, -0.05) is 12.1 Å². The van der Waals surface area contributed by atoms with Crippen LogP contribution in [0.2, 0.25) is 0 Å². The van der Waals surface area contributed by atoms with Crippen LogP contribution in [-0.4, -0.2) is 18.5 Å². The van der Waals surface area contributed by atoms with Gasteiger partial charge in [-0.05, 0) is 29.8 Å². The van der Waals surface area contributed by atoms with Gasteiger partial charge in [0.25, 0.3) is 10.0 Å². The fourth-order valence-corrected chi connectivity index (χ4v) is 2.58. The van der Waals surface area contributed by atoms with Crippen LogP contribution in [0.1, 0.15) is 11.1 Å². The third kappa shape index (κ3) is 3.38. The van der Waals surface area contributed by atoms with E-state index in [1.54, 1.807) is 12.1 Å². The molecule has 0 atom stereocenters. The van der Waals surface area contributed by atoms with Gasteiger partial charge in [-0.2, -0.15) is 0 Å². The van der Waals surface area contributed by atoms with E-state index in [1.165, 1.54) is 30.5 Å². The van der Waals surface area contributed by atoms with E-state index in [1.807, 2.05) is 0 Å². The summed E-state index contributed by atoms with van der Waals surface area (Å²) in [6, 6.07) is 8.63. The Kier molecular flexibility index (Phi) is 4.43. The molecule has 0 unspecified atom stereocenters. The topological polar surface area (TPSA) is 79.3 Å². The summed E-state index contributed by atoms with van der Waals surface area (Å²) < 4.78 is 39.4. The zero-order chi connectivity index (χ0) is 14.6. The molecule has 0 aliphatic heterocycles. The summed E-state index contributed by atoms with van der Waals surface area (Å²) in [5.74, 6) is -0.524. The fraction of sp³-hybridized carbons (Fsp3) is 0.154. The van der Waals surface area contributed by atoms with Gasteiger partial charge in [0.1, 0.15) is 5.82 Å². The molecule has 20 heavy (non-hydrogen) atoms. The molecule has 0 spiro atoms. The minimum Gasteiger partial charge on any atom is -0.392 e. The molecular weight excluding hydrogens is 283 g/mol. The Labute approximate surface area is 116 Å². The predicted octanol–water partition coefficient (Wildman–Crippen LogP) is 1.19. The van der Waals surface area contributed by atoms with E-state index in [-0.39, 0.29) is 17.1 Å².